The van der Waals surface area contributed by atoms with E-state index >= 15 is 4.39 Å². The Labute approximate surface area is 192 Å². The first-order valence-corrected chi connectivity index (χ1v) is 11.0. The number of aromatic nitrogens is 5. The highest BCUT2D eigenvalue weighted by molar-refractivity contribution is 7.21. The van der Waals surface area contributed by atoms with Crippen LogP contribution in [0.4, 0.5) is 4.39 Å². The number of carboxylic acid groups (broad SMARTS) is 1. The summed E-state index contributed by atoms with van der Waals surface area (Å²) < 4.78 is 22.1. The van der Waals surface area contributed by atoms with Gasteiger partial charge in [0.1, 0.15) is 15.4 Å². The number of alkyl halides is 1. The number of carbonyl (C=O) groups is 1. The average molecular weight is 483 g/mol. The molecule has 3 rings (SSSR count). The number of nitrogens with zero attached hydrogens (tertiary/aromatic N) is 6. The fraction of sp³-hybridized carbons (Fsp3) is 0.550. The highest BCUT2D eigenvalue weighted by atomic mass is 32.1. The van der Waals surface area contributed by atoms with E-state index < -0.39 is 35.2 Å². The van der Waals surface area contributed by atoms with Crippen molar-refractivity contribution < 1.29 is 19.0 Å². The summed E-state index contributed by atoms with van der Waals surface area (Å²) in [5, 5.41) is 18.4. The summed E-state index contributed by atoms with van der Waals surface area (Å²) >= 11 is 1.05. The fourth-order valence-corrected chi connectivity index (χ4v) is 4.66. The maximum Gasteiger partial charge on any atom is 0.333 e. The topological polar surface area (TPSA) is 124 Å². The predicted molar refractivity (Wildman–Crippen MR) is 121 cm³/mol. The van der Waals surface area contributed by atoms with E-state index in [1.807, 2.05) is 19.0 Å². The number of aliphatic carboxylic acids is 1. The van der Waals surface area contributed by atoms with Gasteiger partial charge in [0.2, 0.25) is 6.36 Å². The van der Waals surface area contributed by atoms with Gasteiger partial charge in [-0.15, -0.1) is 4.80 Å². The number of hydrogen-bond acceptors (Lipinski definition) is 8. The summed E-state index contributed by atoms with van der Waals surface area (Å²) in [6.45, 7) is 6.15. The molecule has 11 nitrogen and oxygen atoms in total. The molecule has 33 heavy (non-hydrogen) atoms. The molecule has 0 amide bonds. The third-order valence-corrected chi connectivity index (χ3v) is 6.68. The molecule has 13 heteroatoms. The third-order valence-electron chi connectivity index (χ3n) is 5.42. The summed E-state index contributed by atoms with van der Waals surface area (Å²) in [6, 6.07) is -1.14. The third kappa shape index (κ3) is 4.35. The lowest BCUT2D eigenvalue weighted by Gasteiger charge is -2.26. The van der Waals surface area contributed by atoms with E-state index in [9.17, 15) is 19.5 Å². The first-order chi connectivity index (χ1) is 15.4. The molecule has 0 radical (unpaired) electrons. The molecule has 0 fully saturated rings. The lowest BCUT2D eigenvalue weighted by Crippen LogP contribution is -2.53. The number of carboxylic acids is 1. The maximum atomic E-state index is 15.1. The lowest BCUT2D eigenvalue weighted by molar-refractivity contribution is -0.146. The zero-order valence-electron chi connectivity index (χ0n) is 19.3. The smallest absolute Gasteiger partial charge is 0.333 e. The van der Waals surface area contributed by atoms with E-state index in [1.54, 1.807) is 6.92 Å². The zero-order chi connectivity index (χ0) is 24.7. The van der Waals surface area contributed by atoms with Gasteiger partial charge in [0.15, 0.2) is 0 Å². The molecule has 2 atom stereocenters. The van der Waals surface area contributed by atoms with Crippen molar-refractivity contribution in [1.29, 1.82) is 0 Å². The van der Waals surface area contributed by atoms with Crippen LogP contribution in [0.25, 0.3) is 15.2 Å². The number of likely N-dealkylation sites (N-methyl/N-ethyl adjacent to an activating group) is 1. The number of halogens is 1. The van der Waals surface area contributed by atoms with Crippen LogP contribution in [0.5, 0.6) is 0 Å². The van der Waals surface area contributed by atoms with Crippen LogP contribution >= 0.6 is 11.3 Å². The minimum absolute atomic E-state index is 0.0859. The summed E-state index contributed by atoms with van der Waals surface area (Å²) in [5.41, 5.74) is -3.13. The van der Waals surface area contributed by atoms with Gasteiger partial charge >= 0.3 is 11.7 Å². The molecule has 0 aliphatic rings. The van der Waals surface area contributed by atoms with Gasteiger partial charge in [-0.05, 0) is 41.8 Å². The minimum Gasteiger partial charge on any atom is -0.480 e. The Bertz CT molecular complexity index is 1280. The lowest BCUT2D eigenvalue weighted by atomic mass is 10.1. The Morgan fingerprint density at radius 3 is 2.45 bits per heavy atom. The fourth-order valence-electron chi connectivity index (χ4n) is 3.36. The van der Waals surface area contributed by atoms with Crippen LogP contribution in [0.1, 0.15) is 32.4 Å². The largest absolute Gasteiger partial charge is 0.480 e. The van der Waals surface area contributed by atoms with Gasteiger partial charge in [0, 0.05) is 12.1 Å². The molecule has 3 heterocycles. The van der Waals surface area contributed by atoms with Gasteiger partial charge in [-0.3, -0.25) is 9.36 Å². The molecule has 0 bridgehead atoms. The van der Waals surface area contributed by atoms with Crippen molar-refractivity contribution in [3.05, 3.63) is 38.8 Å². The Balaban J connectivity index is 2.31. The molecular weight excluding hydrogens is 455 g/mol. The van der Waals surface area contributed by atoms with E-state index in [2.05, 4.69) is 10.2 Å². The number of aryl methyl sites for hydroxylation is 1. The standard InChI is InChI=1S/C20H27FN6O5S/c1-11-13-15(28)26(20(3,4)18(29)30)19(31)25(12(2)14(21)32-10-9-24(5)6)17(13)33-16(11)27-22-7-8-23-27/h7-8,12,14H,9-10H2,1-6H3,(H,29,30)/t12?,14-/m0/s1. The Morgan fingerprint density at radius 2 is 1.91 bits per heavy atom. The normalized spacial score (nSPS) is 14.2. The van der Waals surface area contributed by atoms with Gasteiger partial charge in [-0.25, -0.2) is 18.5 Å². The molecule has 0 saturated heterocycles. The van der Waals surface area contributed by atoms with Crippen LogP contribution in [-0.4, -0.2) is 73.7 Å². The van der Waals surface area contributed by atoms with E-state index in [4.69, 9.17) is 4.74 Å². The number of rotatable bonds is 9. The van der Waals surface area contributed by atoms with Crippen molar-refractivity contribution in [1.82, 2.24) is 29.0 Å². The van der Waals surface area contributed by atoms with Crippen LogP contribution in [0.2, 0.25) is 0 Å². The molecule has 0 aliphatic heterocycles. The van der Waals surface area contributed by atoms with E-state index in [1.165, 1.54) is 38.0 Å². The molecule has 1 N–H and O–H groups in total. The van der Waals surface area contributed by atoms with Crippen LogP contribution in [0.3, 0.4) is 0 Å². The Morgan fingerprint density at radius 1 is 1.30 bits per heavy atom. The average Bonchev–Trinajstić information content (AvgIpc) is 3.35. The number of ether oxygens (including phenoxy) is 1. The molecule has 180 valence electrons. The van der Waals surface area contributed by atoms with Crippen LogP contribution in [0, 0.1) is 6.92 Å². The van der Waals surface area contributed by atoms with E-state index in [0.29, 0.717) is 21.7 Å². The Kier molecular flexibility index (Phi) is 6.86. The first kappa shape index (κ1) is 24.7. The molecular formula is C20H27FN6O5S. The number of hydrogen-bond donors (Lipinski definition) is 1. The Hall–Kier alpha value is -2.90. The second-order valence-corrected chi connectivity index (χ2v) is 9.43. The molecule has 3 aromatic heterocycles. The van der Waals surface area contributed by atoms with Crippen molar-refractivity contribution in [3.8, 4) is 5.00 Å². The number of fused-ring (bicyclic) bond motifs is 1. The summed E-state index contributed by atoms with van der Waals surface area (Å²) in [5.74, 6) is -1.37. The summed E-state index contributed by atoms with van der Waals surface area (Å²) in [7, 11) is 3.63. The van der Waals surface area contributed by atoms with Crippen LogP contribution in [0.15, 0.2) is 22.0 Å². The van der Waals surface area contributed by atoms with Gasteiger partial charge in [-0.2, -0.15) is 10.2 Å². The van der Waals surface area contributed by atoms with Crippen molar-refractivity contribution in [2.24, 2.45) is 0 Å². The van der Waals surface area contributed by atoms with Gasteiger partial charge < -0.3 is 14.7 Å². The molecule has 1 unspecified atom stereocenters. The predicted octanol–water partition coefficient (Wildman–Crippen LogP) is 1.37. The van der Waals surface area contributed by atoms with Gasteiger partial charge in [0.25, 0.3) is 5.56 Å². The second-order valence-electron chi connectivity index (χ2n) is 8.45. The highest BCUT2D eigenvalue weighted by Crippen LogP contribution is 2.33. The molecule has 3 aromatic rings. The second kappa shape index (κ2) is 9.15. The van der Waals surface area contributed by atoms with Gasteiger partial charge in [-0.1, -0.05) is 11.3 Å². The van der Waals surface area contributed by atoms with Crippen LogP contribution in [-0.2, 0) is 15.1 Å². The maximum absolute atomic E-state index is 15.1. The first-order valence-electron chi connectivity index (χ1n) is 10.2. The van der Waals surface area contributed by atoms with Crippen molar-refractivity contribution in [2.75, 3.05) is 27.2 Å². The van der Waals surface area contributed by atoms with Crippen LogP contribution < -0.4 is 11.2 Å². The zero-order valence-corrected chi connectivity index (χ0v) is 20.1. The monoisotopic (exact) mass is 482 g/mol. The minimum atomic E-state index is -1.88. The quantitative estimate of drug-likeness (QED) is 0.485. The summed E-state index contributed by atoms with van der Waals surface area (Å²) in [4.78, 5) is 42.1. The van der Waals surface area contributed by atoms with E-state index in [-0.39, 0.29) is 16.8 Å². The molecule has 0 saturated carbocycles. The van der Waals surface area contributed by atoms with Crippen molar-refractivity contribution in [2.45, 2.75) is 45.6 Å². The SMILES string of the molecule is Cc1c(-n2nccn2)sc2c1c(=O)n(C(C)(C)C(=O)O)c(=O)n2C(C)[C@@H](F)OCCN(C)C. The van der Waals surface area contributed by atoms with Crippen molar-refractivity contribution in [3.63, 3.8) is 0 Å². The summed E-state index contributed by atoms with van der Waals surface area (Å²) in [6.07, 6.45) is 1.04. The number of thiophene rings is 1. The van der Waals surface area contributed by atoms with Gasteiger partial charge in [0.05, 0.1) is 30.4 Å². The molecule has 0 spiro atoms. The molecule has 0 aromatic carbocycles. The van der Waals surface area contributed by atoms with E-state index in [0.717, 1.165) is 15.9 Å². The highest BCUT2D eigenvalue weighted by Gasteiger charge is 2.37. The van der Waals surface area contributed by atoms with Crippen molar-refractivity contribution >= 4 is 27.5 Å². The molecule has 0 aliphatic carbocycles.